The minimum absolute atomic E-state index is 0.0128. The second kappa shape index (κ2) is 9.35. The van der Waals surface area contributed by atoms with Gasteiger partial charge >= 0.3 is 0 Å². The van der Waals surface area contributed by atoms with Crippen LogP contribution >= 0.6 is 23.2 Å². The first kappa shape index (κ1) is 21.1. The molecule has 0 bridgehead atoms. The first-order valence-electron chi connectivity index (χ1n) is 9.89. The Morgan fingerprint density at radius 2 is 1.50 bits per heavy atom. The molecule has 6 nitrogen and oxygen atoms in total. The molecule has 2 aliphatic heterocycles. The number of ether oxygens (including phenoxy) is 2. The molecule has 0 saturated carbocycles. The number of hydrogen-bond donors (Lipinski definition) is 1. The second-order valence-corrected chi connectivity index (χ2v) is 8.30. The van der Waals surface area contributed by atoms with Gasteiger partial charge < -0.3 is 19.7 Å². The van der Waals surface area contributed by atoms with Gasteiger partial charge in [0.2, 0.25) is 0 Å². The molecule has 2 aliphatic rings. The first-order chi connectivity index (χ1) is 14.5. The molecule has 4 rings (SSSR count). The lowest BCUT2D eigenvalue weighted by Crippen LogP contribution is -2.41. The van der Waals surface area contributed by atoms with Crippen molar-refractivity contribution in [1.29, 1.82) is 0 Å². The Morgan fingerprint density at radius 1 is 0.900 bits per heavy atom. The fourth-order valence-electron chi connectivity index (χ4n) is 3.79. The van der Waals surface area contributed by atoms with Gasteiger partial charge in [-0.3, -0.25) is 9.59 Å². The minimum atomic E-state index is -0.322. The number of amides is 2. The number of hydrogen-bond acceptors (Lipinski definition) is 4. The topological polar surface area (TPSA) is 67.9 Å². The third kappa shape index (κ3) is 4.95. The Balaban J connectivity index is 1.34. The summed E-state index contributed by atoms with van der Waals surface area (Å²) in [5, 5.41) is 3.57. The number of carbonyl (C=O) groups excluding carboxylic acids is 2. The van der Waals surface area contributed by atoms with E-state index in [0.29, 0.717) is 59.1 Å². The van der Waals surface area contributed by atoms with E-state index in [0.717, 1.165) is 12.8 Å². The lowest BCUT2D eigenvalue weighted by atomic mass is 9.95. The number of likely N-dealkylation sites (tertiary alicyclic amines) is 1. The molecular formula is C22H22Cl2N2O4. The molecule has 2 aromatic rings. The third-order valence-corrected chi connectivity index (χ3v) is 5.81. The smallest absolute Gasteiger partial charge is 0.255 e. The molecule has 2 aromatic carbocycles. The average molecular weight is 449 g/mol. The van der Waals surface area contributed by atoms with Gasteiger partial charge in [0, 0.05) is 45.9 Å². The van der Waals surface area contributed by atoms with Gasteiger partial charge in [-0.25, -0.2) is 0 Å². The largest absolute Gasteiger partial charge is 0.350 e. The highest BCUT2D eigenvalue weighted by atomic mass is 35.5. The molecule has 2 fully saturated rings. The molecule has 2 heterocycles. The maximum atomic E-state index is 12.8. The number of piperidine rings is 1. The molecule has 158 valence electrons. The van der Waals surface area contributed by atoms with Gasteiger partial charge in [0.25, 0.3) is 11.8 Å². The van der Waals surface area contributed by atoms with Crippen molar-refractivity contribution >= 4 is 40.7 Å². The van der Waals surface area contributed by atoms with E-state index in [1.165, 1.54) is 0 Å². The van der Waals surface area contributed by atoms with E-state index in [2.05, 4.69) is 5.32 Å². The Labute approximate surface area is 185 Å². The Morgan fingerprint density at radius 3 is 2.10 bits per heavy atom. The van der Waals surface area contributed by atoms with Crippen molar-refractivity contribution in [2.24, 2.45) is 5.92 Å². The summed E-state index contributed by atoms with van der Waals surface area (Å²) in [4.78, 5) is 27.1. The molecule has 0 aromatic heterocycles. The van der Waals surface area contributed by atoms with Crippen LogP contribution in [0.2, 0.25) is 10.0 Å². The van der Waals surface area contributed by atoms with E-state index in [-0.39, 0.29) is 18.1 Å². The number of nitrogens with one attached hydrogen (secondary N) is 1. The predicted molar refractivity (Wildman–Crippen MR) is 115 cm³/mol. The molecule has 0 radical (unpaired) electrons. The van der Waals surface area contributed by atoms with Crippen LogP contribution in [-0.4, -0.2) is 49.3 Å². The average Bonchev–Trinajstić information content (AvgIpc) is 3.28. The highest BCUT2D eigenvalue weighted by Crippen LogP contribution is 2.27. The predicted octanol–water partition coefficient (Wildman–Crippen LogP) is 4.47. The summed E-state index contributed by atoms with van der Waals surface area (Å²) in [6.07, 6.45) is 1.61. The molecule has 2 saturated heterocycles. The Kier molecular flexibility index (Phi) is 6.58. The molecule has 0 aliphatic carbocycles. The van der Waals surface area contributed by atoms with Gasteiger partial charge in [-0.2, -0.15) is 0 Å². The summed E-state index contributed by atoms with van der Waals surface area (Å²) >= 11 is 11.9. The zero-order valence-electron chi connectivity index (χ0n) is 16.3. The van der Waals surface area contributed by atoms with E-state index >= 15 is 0 Å². The lowest BCUT2D eigenvalue weighted by molar-refractivity contribution is -0.0956. The molecule has 0 atom stereocenters. The van der Waals surface area contributed by atoms with Crippen molar-refractivity contribution < 1.29 is 19.1 Å². The first-order valence-corrected chi connectivity index (χ1v) is 10.7. The quantitative estimate of drug-likeness (QED) is 0.748. The fourth-order valence-corrected chi connectivity index (χ4v) is 4.32. The van der Waals surface area contributed by atoms with Crippen molar-refractivity contribution in [1.82, 2.24) is 4.90 Å². The van der Waals surface area contributed by atoms with Gasteiger partial charge in [0.05, 0.1) is 13.2 Å². The van der Waals surface area contributed by atoms with Crippen molar-refractivity contribution in [3.63, 3.8) is 0 Å². The van der Waals surface area contributed by atoms with Crippen LogP contribution in [0.1, 0.15) is 33.6 Å². The van der Waals surface area contributed by atoms with Crippen LogP contribution in [0.25, 0.3) is 0 Å². The summed E-state index contributed by atoms with van der Waals surface area (Å²) in [5.41, 5.74) is 1.54. The number of halogens is 2. The maximum Gasteiger partial charge on any atom is 0.255 e. The Hall–Kier alpha value is -2.12. The van der Waals surface area contributed by atoms with Crippen LogP contribution in [0.4, 0.5) is 5.69 Å². The van der Waals surface area contributed by atoms with Crippen LogP contribution in [0.3, 0.4) is 0 Å². The second-order valence-electron chi connectivity index (χ2n) is 7.43. The molecule has 0 unspecified atom stereocenters. The van der Waals surface area contributed by atoms with Crippen molar-refractivity contribution in [3.8, 4) is 0 Å². The third-order valence-electron chi connectivity index (χ3n) is 5.37. The van der Waals surface area contributed by atoms with Gasteiger partial charge in [0.15, 0.2) is 6.29 Å². The molecule has 30 heavy (non-hydrogen) atoms. The number of nitrogens with zero attached hydrogens (tertiary/aromatic N) is 1. The zero-order chi connectivity index (χ0) is 21.1. The van der Waals surface area contributed by atoms with E-state index in [9.17, 15) is 9.59 Å². The van der Waals surface area contributed by atoms with E-state index in [4.69, 9.17) is 32.7 Å². The number of rotatable bonds is 4. The standard InChI is InChI=1S/C22H22Cl2N2O4/c23-17-11-16(12-18(24)13-17)20(27)25-19-3-1-14(2-4-19)21(28)26-7-5-15(6-8-26)22-29-9-10-30-22/h1-4,11-13,15,22H,5-10H2,(H,25,27). The molecule has 1 N–H and O–H groups in total. The minimum Gasteiger partial charge on any atom is -0.350 e. The maximum absolute atomic E-state index is 12.8. The molecular weight excluding hydrogens is 427 g/mol. The Bertz CT molecular complexity index is 901. The van der Waals surface area contributed by atoms with E-state index < -0.39 is 0 Å². The number of benzene rings is 2. The van der Waals surface area contributed by atoms with E-state index in [1.54, 1.807) is 42.5 Å². The van der Waals surface area contributed by atoms with Gasteiger partial charge in [-0.1, -0.05) is 23.2 Å². The highest BCUT2D eigenvalue weighted by molar-refractivity contribution is 6.35. The fraction of sp³-hybridized carbons (Fsp3) is 0.364. The van der Waals surface area contributed by atoms with Gasteiger partial charge in [0.1, 0.15) is 0 Å². The summed E-state index contributed by atoms with van der Waals surface area (Å²) in [6.45, 7) is 2.66. The van der Waals surface area contributed by atoms with Crippen molar-refractivity contribution in [2.75, 3.05) is 31.6 Å². The van der Waals surface area contributed by atoms with Gasteiger partial charge in [-0.15, -0.1) is 0 Å². The molecule has 8 heteroatoms. The lowest BCUT2D eigenvalue weighted by Gasteiger charge is -2.33. The normalized spacial score (nSPS) is 17.9. The molecule has 2 amide bonds. The van der Waals surface area contributed by atoms with Crippen molar-refractivity contribution in [2.45, 2.75) is 19.1 Å². The van der Waals surface area contributed by atoms with Crippen molar-refractivity contribution in [3.05, 3.63) is 63.6 Å². The SMILES string of the molecule is O=C(Nc1ccc(C(=O)N2CCC(C3OCCO3)CC2)cc1)c1cc(Cl)cc(Cl)c1. The van der Waals surface area contributed by atoms with E-state index in [1.807, 2.05) is 4.90 Å². The van der Waals surface area contributed by atoms with Crippen LogP contribution in [0, 0.1) is 5.92 Å². The monoisotopic (exact) mass is 448 g/mol. The zero-order valence-corrected chi connectivity index (χ0v) is 17.8. The van der Waals surface area contributed by atoms with Crippen LogP contribution in [-0.2, 0) is 9.47 Å². The summed E-state index contributed by atoms with van der Waals surface area (Å²) in [5.74, 6) is 0.00670. The van der Waals surface area contributed by atoms with Gasteiger partial charge in [-0.05, 0) is 55.3 Å². The molecule has 0 spiro atoms. The van der Waals surface area contributed by atoms with Crippen LogP contribution in [0.15, 0.2) is 42.5 Å². The summed E-state index contributed by atoms with van der Waals surface area (Å²) in [6, 6.07) is 11.5. The highest BCUT2D eigenvalue weighted by Gasteiger charge is 2.32. The summed E-state index contributed by atoms with van der Waals surface area (Å²) in [7, 11) is 0. The van der Waals surface area contributed by atoms with Crippen LogP contribution in [0.5, 0.6) is 0 Å². The summed E-state index contributed by atoms with van der Waals surface area (Å²) < 4.78 is 11.2. The number of anilines is 1. The van der Waals surface area contributed by atoms with Crippen LogP contribution < -0.4 is 5.32 Å². The number of carbonyl (C=O) groups is 2.